The number of carbonyl (C=O) groups is 2. The first-order valence-corrected chi connectivity index (χ1v) is 12.5. The molecular formula is C25H34FN5O5. The van der Waals surface area contributed by atoms with Crippen LogP contribution in [0.4, 0.5) is 9.18 Å². The molecule has 2 atom stereocenters. The Hall–Kier alpha value is -3.24. The Morgan fingerprint density at radius 1 is 1.22 bits per heavy atom. The molecule has 0 N–H and O–H groups in total. The monoisotopic (exact) mass is 503 g/mol. The van der Waals surface area contributed by atoms with Gasteiger partial charge >= 0.3 is 12.1 Å². The van der Waals surface area contributed by atoms with Crippen LogP contribution in [-0.4, -0.2) is 70.4 Å². The average Bonchev–Trinajstić information content (AvgIpc) is 3.68. The minimum atomic E-state index is -0.538. The fraction of sp³-hybridized carbons (Fsp3) is 0.640. The summed E-state index contributed by atoms with van der Waals surface area (Å²) in [4.78, 5) is 30.5. The van der Waals surface area contributed by atoms with E-state index in [1.54, 1.807) is 18.8 Å². The van der Waals surface area contributed by atoms with E-state index < -0.39 is 12.8 Å². The predicted molar refractivity (Wildman–Crippen MR) is 128 cm³/mol. The van der Waals surface area contributed by atoms with E-state index in [0.717, 1.165) is 43.5 Å². The lowest BCUT2D eigenvalue weighted by molar-refractivity contribution is -0.147. The molecule has 2 saturated carbocycles. The fourth-order valence-corrected chi connectivity index (χ4v) is 4.52. The van der Waals surface area contributed by atoms with Gasteiger partial charge in [-0.05, 0) is 57.1 Å². The number of carbonyl (C=O) groups excluding carboxylic acids is 2. The molecular weight excluding hydrogens is 469 g/mol. The molecule has 0 bridgehead atoms. The van der Waals surface area contributed by atoms with Crippen LogP contribution in [0.2, 0.25) is 0 Å². The highest BCUT2D eigenvalue weighted by atomic mass is 19.1. The number of pyridine rings is 1. The van der Waals surface area contributed by atoms with E-state index in [2.05, 4.69) is 10.3 Å². The average molecular weight is 504 g/mol. The Kier molecular flexibility index (Phi) is 8.37. The number of alkyl halides is 1. The number of esters is 1. The number of ether oxygens (including phenoxy) is 3. The number of amides is 1. The maximum absolute atomic E-state index is 12.4. The topological polar surface area (TPSA) is 109 Å². The summed E-state index contributed by atoms with van der Waals surface area (Å²) in [6, 6.07) is 3.75. The number of hydrogen-bond acceptors (Lipinski definition) is 8. The van der Waals surface area contributed by atoms with Gasteiger partial charge in [-0.15, -0.1) is 5.10 Å². The Labute approximate surface area is 210 Å². The smallest absolute Gasteiger partial charge is 0.409 e. The van der Waals surface area contributed by atoms with Gasteiger partial charge in [-0.2, -0.15) is 0 Å². The van der Waals surface area contributed by atoms with Crippen LogP contribution in [0.3, 0.4) is 0 Å². The highest BCUT2D eigenvalue weighted by Gasteiger charge is 2.33. The Balaban J connectivity index is 1.49. The molecule has 1 amide bonds. The molecule has 196 valence electrons. The zero-order valence-electron chi connectivity index (χ0n) is 21.1. The van der Waals surface area contributed by atoms with Gasteiger partial charge in [0.25, 0.3) is 0 Å². The zero-order chi connectivity index (χ0) is 25.7. The number of nitrogens with zero attached hydrogens (tertiary/aromatic N) is 5. The molecule has 10 nitrogen and oxygen atoms in total. The molecule has 2 aromatic heterocycles. The molecule has 36 heavy (non-hydrogen) atoms. The minimum absolute atomic E-state index is 0.0344. The van der Waals surface area contributed by atoms with Gasteiger partial charge in [0.2, 0.25) is 0 Å². The molecule has 0 unspecified atom stereocenters. The number of hydrogen-bond donors (Lipinski definition) is 0. The molecule has 2 aromatic rings. The van der Waals surface area contributed by atoms with Crippen molar-refractivity contribution >= 4 is 12.1 Å². The highest BCUT2D eigenvalue weighted by molar-refractivity contribution is 5.72. The maximum atomic E-state index is 12.4. The van der Waals surface area contributed by atoms with E-state index in [-0.39, 0.29) is 37.6 Å². The molecule has 0 saturated heterocycles. The molecule has 2 heterocycles. The van der Waals surface area contributed by atoms with Gasteiger partial charge in [0.15, 0.2) is 0 Å². The van der Waals surface area contributed by atoms with Crippen molar-refractivity contribution in [2.24, 2.45) is 13.0 Å². The first-order chi connectivity index (χ1) is 17.4. The van der Waals surface area contributed by atoms with Crippen LogP contribution in [-0.2, 0) is 27.9 Å². The fourth-order valence-electron chi connectivity index (χ4n) is 4.52. The van der Waals surface area contributed by atoms with Crippen molar-refractivity contribution in [1.82, 2.24) is 24.9 Å². The van der Waals surface area contributed by atoms with Gasteiger partial charge in [-0.3, -0.25) is 9.18 Å². The highest BCUT2D eigenvalue weighted by Crippen LogP contribution is 2.45. The second-order valence-electron chi connectivity index (χ2n) is 9.51. The third-order valence-corrected chi connectivity index (χ3v) is 6.76. The van der Waals surface area contributed by atoms with E-state index in [4.69, 9.17) is 19.2 Å². The van der Waals surface area contributed by atoms with E-state index in [0.29, 0.717) is 29.4 Å². The summed E-state index contributed by atoms with van der Waals surface area (Å²) < 4.78 is 30.7. The summed E-state index contributed by atoms with van der Waals surface area (Å²) in [6.07, 6.45) is 5.01. The van der Waals surface area contributed by atoms with Crippen LogP contribution in [0.1, 0.15) is 62.3 Å². The number of aromatic nitrogens is 4. The first-order valence-electron chi connectivity index (χ1n) is 12.5. The van der Waals surface area contributed by atoms with E-state index >= 15 is 0 Å². The van der Waals surface area contributed by atoms with Crippen LogP contribution >= 0.6 is 0 Å². The number of methoxy groups -OCH3 is 1. The molecule has 2 fully saturated rings. The van der Waals surface area contributed by atoms with Crippen molar-refractivity contribution in [3.8, 4) is 17.1 Å². The first kappa shape index (κ1) is 25.8. The molecule has 0 radical (unpaired) electrons. The number of aryl methyl sites for hydroxylation is 1. The van der Waals surface area contributed by atoms with Crippen molar-refractivity contribution in [3.05, 3.63) is 23.5 Å². The zero-order valence-corrected chi connectivity index (χ0v) is 21.1. The summed E-state index contributed by atoms with van der Waals surface area (Å²) in [5, 5.41) is 8.37. The second kappa shape index (κ2) is 11.7. The molecule has 4 rings (SSSR count). The third kappa shape index (κ3) is 6.11. The van der Waals surface area contributed by atoms with E-state index in [9.17, 15) is 14.0 Å². The Bertz CT molecular complexity index is 1070. The number of halogens is 1. The van der Waals surface area contributed by atoms with Crippen LogP contribution < -0.4 is 4.74 Å². The summed E-state index contributed by atoms with van der Waals surface area (Å²) in [7, 11) is 4.72. The van der Waals surface area contributed by atoms with Crippen molar-refractivity contribution in [2.75, 3.05) is 27.4 Å². The van der Waals surface area contributed by atoms with Crippen molar-refractivity contribution in [1.29, 1.82) is 0 Å². The lowest BCUT2D eigenvalue weighted by Gasteiger charge is -2.28. The lowest BCUT2D eigenvalue weighted by Crippen LogP contribution is -2.30. The number of rotatable bonds is 10. The molecule has 11 heteroatoms. The molecule has 0 aromatic carbocycles. The standard InChI is InChI=1S/C25H34FN5O5/c1-30(13-5-12-26)25(33)35-15-20-23(28-29-31(20)2)19-10-11-21(22(27-19)16-8-9-16)36-18-7-4-6-17(14-18)24(32)34-3/h10-11,16-18H,4-9,12-15H2,1-3H3/t17-,18-/m0/s1. The van der Waals surface area contributed by atoms with Crippen LogP contribution in [0, 0.1) is 5.92 Å². The van der Waals surface area contributed by atoms with Crippen LogP contribution in [0.25, 0.3) is 11.4 Å². The minimum Gasteiger partial charge on any atom is -0.488 e. The van der Waals surface area contributed by atoms with Gasteiger partial charge in [-0.1, -0.05) is 5.21 Å². The van der Waals surface area contributed by atoms with Crippen molar-refractivity contribution in [3.63, 3.8) is 0 Å². The lowest BCUT2D eigenvalue weighted by atomic mass is 9.87. The van der Waals surface area contributed by atoms with Gasteiger partial charge in [0, 0.05) is 26.6 Å². The SMILES string of the molecule is COC(=O)[C@H]1CCC[C@H](Oc2ccc(-c3nnn(C)c3COC(=O)N(C)CCCF)nc2C2CC2)C1. The van der Waals surface area contributed by atoms with Gasteiger partial charge < -0.3 is 19.1 Å². The summed E-state index contributed by atoms with van der Waals surface area (Å²) in [5.41, 5.74) is 2.66. The van der Waals surface area contributed by atoms with Crippen molar-refractivity contribution < 1.29 is 28.2 Å². The Morgan fingerprint density at radius 2 is 2.03 bits per heavy atom. The van der Waals surface area contributed by atoms with E-state index in [1.807, 2.05) is 12.1 Å². The van der Waals surface area contributed by atoms with Crippen LogP contribution in [0.5, 0.6) is 5.75 Å². The predicted octanol–water partition coefficient (Wildman–Crippen LogP) is 3.79. The third-order valence-electron chi connectivity index (χ3n) is 6.76. The quantitative estimate of drug-likeness (QED) is 0.451. The molecule has 2 aliphatic rings. The largest absolute Gasteiger partial charge is 0.488 e. The summed E-state index contributed by atoms with van der Waals surface area (Å²) in [6.45, 7) is -0.247. The van der Waals surface area contributed by atoms with Gasteiger partial charge in [0.05, 0.1) is 37.2 Å². The second-order valence-corrected chi connectivity index (χ2v) is 9.51. The Morgan fingerprint density at radius 3 is 2.75 bits per heavy atom. The van der Waals surface area contributed by atoms with Crippen molar-refractivity contribution in [2.45, 2.75) is 63.6 Å². The molecule has 0 aliphatic heterocycles. The van der Waals surface area contributed by atoms with Gasteiger partial charge in [0.1, 0.15) is 23.7 Å². The molecule has 0 spiro atoms. The van der Waals surface area contributed by atoms with E-state index in [1.165, 1.54) is 12.0 Å². The maximum Gasteiger partial charge on any atom is 0.409 e. The van der Waals surface area contributed by atoms with Crippen LogP contribution in [0.15, 0.2) is 12.1 Å². The summed E-state index contributed by atoms with van der Waals surface area (Å²) >= 11 is 0. The normalized spacial score (nSPS) is 19.6. The summed E-state index contributed by atoms with van der Waals surface area (Å²) in [5.74, 6) is 0.750. The molecule has 2 aliphatic carbocycles. The van der Waals surface area contributed by atoms with Gasteiger partial charge in [-0.25, -0.2) is 14.5 Å².